The van der Waals surface area contributed by atoms with Gasteiger partial charge in [-0.15, -0.1) is 0 Å². The fourth-order valence-electron chi connectivity index (χ4n) is 3.13. The van der Waals surface area contributed by atoms with Crippen molar-refractivity contribution in [1.29, 1.82) is 0 Å². The average molecular weight is 622 g/mol. The van der Waals surface area contributed by atoms with E-state index in [2.05, 4.69) is 81.1 Å². The van der Waals surface area contributed by atoms with Gasteiger partial charge in [0.2, 0.25) is 5.89 Å². The molecular weight excluding hydrogens is 602 g/mol. The van der Waals surface area contributed by atoms with E-state index in [0.29, 0.717) is 17.4 Å². The Morgan fingerprint density at radius 3 is 2.60 bits per heavy atom. The Hall–Kier alpha value is -1.94. The predicted octanol–water partition coefficient (Wildman–Crippen LogP) is 7.67. The van der Waals surface area contributed by atoms with Gasteiger partial charge in [0.1, 0.15) is 11.3 Å². The second kappa shape index (κ2) is 9.05. The topological polar surface area (TPSA) is 58.6 Å². The van der Waals surface area contributed by atoms with Gasteiger partial charge in [0.25, 0.3) is 0 Å². The molecule has 0 aliphatic carbocycles. The first-order chi connectivity index (χ1) is 14.4. The zero-order chi connectivity index (χ0) is 21.3. The molecule has 0 unspecified atom stereocenters. The maximum Gasteiger partial charge on any atom is 0.227 e. The number of aliphatic imine (C=N–C) groups is 1. The molecule has 4 aromatic rings. The van der Waals surface area contributed by atoms with Gasteiger partial charge in [0.05, 0.1) is 9.26 Å². The van der Waals surface area contributed by atoms with E-state index in [1.807, 2.05) is 42.5 Å². The number of phenols is 1. The average Bonchev–Trinajstić information content (AvgIpc) is 3.18. The number of hydrogen-bond donors (Lipinski definition) is 1. The van der Waals surface area contributed by atoms with Crippen LogP contribution in [0.3, 0.4) is 0 Å². The van der Waals surface area contributed by atoms with Crippen molar-refractivity contribution < 1.29 is 9.52 Å². The number of fused-ring (bicyclic) bond motifs is 1. The minimum Gasteiger partial charge on any atom is -0.506 e. The van der Waals surface area contributed by atoms with Crippen molar-refractivity contribution in [3.8, 4) is 17.2 Å². The minimum absolute atomic E-state index is 0.250. The molecule has 1 atom stereocenters. The highest BCUT2D eigenvalue weighted by molar-refractivity contribution is 14.1. The first-order valence-corrected chi connectivity index (χ1v) is 11.8. The Morgan fingerprint density at radius 1 is 1.10 bits per heavy atom. The van der Waals surface area contributed by atoms with Gasteiger partial charge in [-0.05, 0) is 112 Å². The second-order valence-corrected chi connectivity index (χ2v) is 9.59. The Balaban J connectivity index is 1.58. The highest BCUT2D eigenvalue weighted by atomic mass is 127. The minimum atomic E-state index is 0.250. The second-order valence-electron chi connectivity index (χ2n) is 7.19. The smallest absolute Gasteiger partial charge is 0.227 e. The molecule has 0 radical (unpaired) electrons. The third-order valence-corrected chi connectivity index (χ3v) is 6.56. The number of halogens is 2. The van der Waals surface area contributed by atoms with E-state index < -0.39 is 0 Å². The summed E-state index contributed by atoms with van der Waals surface area (Å²) in [7, 11) is 0. The van der Waals surface area contributed by atoms with E-state index in [4.69, 9.17) is 4.42 Å². The fourth-order valence-corrected chi connectivity index (χ4v) is 5.02. The maximum absolute atomic E-state index is 10.2. The van der Waals surface area contributed by atoms with Crippen LogP contribution in [0.1, 0.15) is 37.3 Å². The Kier molecular flexibility index (Phi) is 6.43. The molecule has 6 heteroatoms. The largest absolute Gasteiger partial charge is 0.506 e. The highest BCUT2D eigenvalue weighted by Crippen LogP contribution is 2.30. The molecule has 0 amide bonds. The van der Waals surface area contributed by atoms with Crippen LogP contribution in [0.2, 0.25) is 0 Å². The lowest BCUT2D eigenvalue weighted by molar-refractivity contribution is 0.470. The monoisotopic (exact) mass is 622 g/mol. The normalized spacial score (nSPS) is 12.7. The first-order valence-electron chi connectivity index (χ1n) is 9.67. The van der Waals surface area contributed by atoms with Crippen LogP contribution in [-0.4, -0.2) is 16.3 Å². The lowest BCUT2D eigenvalue weighted by atomic mass is 9.98. The van der Waals surface area contributed by atoms with E-state index in [1.54, 1.807) is 6.21 Å². The lowest BCUT2D eigenvalue weighted by Crippen LogP contribution is -1.90. The zero-order valence-electron chi connectivity index (χ0n) is 16.6. The van der Waals surface area contributed by atoms with Crippen molar-refractivity contribution in [2.75, 3.05) is 0 Å². The van der Waals surface area contributed by atoms with Crippen molar-refractivity contribution in [3.63, 3.8) is 0 Å². The molecule has 1 heterocycles. The number of benzene rings is 3. The van der Waals surface area contributed by atoms with Crippen molar-refractivity contribution in [3.05, 3.63) is 72.9 Å². The summed E-state index contributed by atoms with van der Waals surface area (Å²) in [6, 6.07) is 17.8. The molecule has 0 bridgehead atoms. The molecule has 1 N–H and O–H groups in total. The number of rotatable bonds is 5. The molecule has 0 aliphatic rings. The number of aromatic nitrogens is 1. The standard InChI is InChI=1S/C24H20I2N2O2/c1-3-14(2)16-6-9-22-21(11-16)28-24(30-22)15-4-7-19(8-5-15)27-13-17-10-18(25)12-20(26)23(17)29/h4-14,29H,3H2,1-2H3/t14-/m0/s1. The molecule has 1 aromatic heterocycles. The summed E-state index contributed by atoms with van der Waals surface area (Å²) in [6.45, 7) is 4.41. The van der Waals surface area contributed by atoms with Crippen LogP contribution in [0.15, 0.2) is 64.0 Å². The number of nitrogens with zero attached hydrogens (tertiary/aromatic N) is 2. The molecule has 0 aliphatic heterocycles. The van der Waals surface area contributed by atoms with E-state index in [9.17, 15) is 5.11 Å². The molecule has 0 spiro atoms. The molecule has 0 saturated carbocycles. The zero-order valence-corrected chi connectivity index (χ0v) is 20.9. The molecule has 30 heavy (non-hydrogen) atoms. The summed E-state index contributed by atoms with van der Waals surface area (Å²) in [5.41, 5.74) is 5.36. The van der Waals surface area contributed by atoms with Gasteiger partial charge in [-0.3, -0.25) is 4.99 Å². The maximum atomic E-state index is 10.2. The van der Waals surface area contributed by atoms with Gasteiger partial charge in [-0.1, -0.05) is 19.9 Å². The molecule has 0 fully saturated rings. The first kappa shape index (κ1) is 21.3. The van der Waals surface area contributed by atoms with Gasteiger partial charge >= 0.3 is 0 Å². The van der Waals surface area contributed by atoms with E-state index >= 15 is 0 Å². The molecule has 152 valence electrons. The van der Waals surface area contributed by atoms with Crippen LogP contribution in [0, 0.1) is 7.14 Å². The van der Waals surface area contributed by atoms with Crippen LogP contribution < -0.4 is 0 Å². The molecule has 0 saturated heterocycles. The third-order valence-electron chi connectivity index (χ3n) is 5.12. The lowest BCUT2D eigenvalue weighted by Gasteiger charge is -2.07. The van der Waals surface area contributed by atoms with Crippen LogP contribution in [0.25, 0.3) is 22.6 Å². The quantitative estimate of drug-likeness (QED) is 0.184. The number of aromatic hydroxyl groups is 1. The molecule has 4 rings (SSSR count). The van der Waals surface area contributed by atoms with Crippen molar-refractivity contribution in [2.45, 2.75) is 26.2 Å². The van der Waals surface area contributed by atoms with Gasteiger partial charge in [-0.2, -0.15) is 0 Å². The molecular formula is C24H20I2N2O2. The van der Waals surface area contributed by atoms with Gasteiger partial charge in [0.15, 0.2) is 5.58 Å². The van der Waals surface area contributed by atoms with Gasteiger partial charge < -0.3 is 9.52 Å². The molecule has 3 aromatic carbocycles. The van der Waals surface area contributed by atoms with E-state index in [-0.39, 0.29) is 5.75 Å². The van der Waals surface area contributed by atoms with Crippen molar-refractivity contribution >= 4 is 68.2 Å². The predicted molar refractivity (Wildman–Crippen MR) is 139 cm³/mol. The summed E-state index contributed by atoms with van der Waals surface area (Å²) >= 11 is 4.35. The highest BCUT2D eigenvalue weighted by Gasteiger charge is 2.11. The summed E-state index contributed by atoms with van der Waals surface area (Å²) in [5, 5.41) is 10.2. The number of phenolic OH excluding ortho intramolecular Hbond substituents is 1. The van der Waals surface area contributed by atoms with Crippen molar-refractivity contribution in [1.82, 2.24) is 4.98 Å². The summed E-state index contributed by atoms with van der Waals surface area (Å²) in [6.07, 6.45) is 2.78. The summed E-state index contributed by atoms with van der Waals surface area (Å²) in [5.74, 6) is 1.36. The Morgan fingerprint density at radius 2 is 1.87 bits per heavy atom. The van der Waals surface area contributed by atoms with Crippen LogP contribution in [0.5, 0.6) is 5.75 Å². The molecule has 4 nitrogen and oxygen atoms in total. The van der Waals surface area contributed by atoms with Crippen molar-refractivity contribution in [2.24, 2.45) is 4.99 Å². The number of hydrogen-bond acceptors (Lipinski definition) is 4. The summed E-state index contributed by atoms with van der Waals surface area (Å²) in [4.78, 5) is 9.17. The fraction of sp³-hybridized carbons (Fsp3) is 0.167. The summed E-state index contributed by atoms with van der Waals surface area (Å²) < 4.78 is 7.81. The van der Waals surface area contributed by atoms with Crippen LogP contribution in [0.4, 0.5) is 5.69 Å². The van der Waals surface area contributed by atoms with Gasteiger partial charge in [0, 0.05) is 20.9 Å². The third kappa shape index (κ3) is 4.54. The SMILES string of the molecule is CC[C@H](C)c1ccc2oc(-c3ccc(N=Cc4cc(I)cc(I)c4O)cc3)nc2c1. The number of oxazole rings is 1. The van der Waals surface area contributed by atoms with E-state index in [0.717, 1.165) is 35.9 Å². The Labute approximate surface area is 202 Å². The van der Waals surface area contributed by atoms with Crippen LogP contribution in [-0.2, 0) is 0 Å². The van der Waals surface area contributed by atoms with E-state index in [1.165, 1.54) is 5.56 Å². The van der Waals surface area contributed by atoms with Crippen LogP contribution >= 0.6 is 45.2 Å². The van der Waals surface area contributed by atoms with Gasteiger partial charge in [-0.25, -0.2) is 4.98 Å². The Bertz CT molecular complexity index is 1230.